The molecule has 1 aromatic carbocycles. The van der Waals surface area contributed by atoms with Gasteiger partial charge in [0, 0.05) is 31.7 Å². The molecule has 8 nitrogen and oxygen atoms in total. The molecular formula is C23H37N5O3. The highest BCUT2D eigenvalue weighted by Crippen LogP contribution is 2.18. The number of piperazine rings is 1. The second-order valence-corrected chi connectivity index (χ2v) is 8.05. The van der Waals surface area contributed by atoms with Gasteiger partial charge in [-0.1, -0.05) is 38.8 Å². The van der Waals surface area contributed by atoms with Crippen molar-refractivity contribution < 1.29 is 14.7 Å². The van der Waals surface area contributed by atoms with Gasteiger partial charge >= 0.3 is 0 Å². The molecule has 1 heterocycles. The van der Waals surface area contributed by atoms with Gasteiger partial charge < -0.3 is 26.0 Å². The molecule has 2 rings (SSSR count). The van der Waals surface area contributed by atoms with E-state index >= 15 is 0 Å². The smallest absolute Gasteiger partial charge is 0.254 e. The summed E-state index contributed by atoms with van der Waals surface area (Å²) in [6.45, 7) is 8.91. The zero-order chi connectivity index (χ0) is 22.7. The summed E-state index contributed by atoms with van der Waals surface area (Å²) in [5, 5.41) is 20.0. The predicted octanol–water partition coefficient (Wildman–Crippen LogP) is 1.65. The Morgan fingerprint density at radius 2 is 1.84 bits per heavy atom. The van der Waals surface area contributed by atoms with Gasteiger partial charge in [-0.25, -0.2) is 4.99 Å². The molecule has 4 N–H and O–H groups in total. The van der Waals surface area contributed by atoms with E-state index in [1.807, 2.05) is 19.1 Å². The summed E-state index contributed by atoms with van der Waals surface area (Å²) in [5.74, 6) is 0.400. The van der Waals surface area contributed by atoms with Gasteiger partial charge in [-0.05, 0) is 37.5 Å². The van der Waals surface area contributed by atoms with E-state index in [4.69, 9.17) is 0 Å². The predicted molar refractivity (Wildman–Crippen MR) is 123 cm³/mol. The van der Waals surface area contributed by atoms with Gasteiger partial charge in [-0.2, -0.15) is 0 Å². The highest BCUT2D eigenvalue weighted by atomic mass is 16.3. The fourth-order valence-electron chi connectivity index (χ4n) is 3.74. The standard InChI is InChI=1S/C23H37N5O3/c1-4-11-23(31,12-5-2)17-27-22(24-6-3)26-15-18-7-9-19(10-8-18)21(30)28-14-13-25-20(29)16-28/h7-10,31H,4-6,11-17H2,1-3H3,(H,25,29)(H2,24,26,27). The molecule has 0 saturated carbocycles. The third kappa shape index (κ3) is 7.86. The topological polar surface area (TPSA) is 106 Å². The molecule has 0 spiro atoms. The van der Waals surface area contributed by atoms with Gasteiger partial charge in [0.2, 0.25) is 5.91 Å². The highest BCUT2D eigenvalue weighted by molar-refractivity contribution is 5.97. The lowest BCUT2D eigenvalue weighted by atomic mass is 9.93. The molecule has 0 bridgehead atoms. The molecule has 0 aromatic heterocycles. The fourth-order valence-corrected chi connectivity index (χ4v) is 3.74. The summed E-state index contributed by atoms with van der Waals surface area (Å²) in [7, 11) is 0. The van der Waals surface area contributed by atoms with Crippen LogP contribution in [-0.4, -0.2) is 66.1 Å². The maximum Gasteiger partial charge on any atom is 0.254 e. The molecule has 0 unspecified atom stereocenters. The molecule has 1 fully saturated rings. The van der Waals surface area contributed by atoms with Crippen molar-refractivity contribution in [1.82, 2.24) is 20.9 Å². The van der Waals surface area contributed by atoms with E-state index in [-0.39, 0.29) is 18.4 Å². The van der Waals surface area contributed by atoms with E-state index in [0.717, 1.165) is 37.8 Å². The first-order valence-electron chi connectivity index (χ1n) is 11.3. The largest absolute Gasteiger partial charge is 0.388 e. The van der Waals surface area contributed by atoms with E-state index in [0.29, 0.717) is 37.7 Å². The van der Waals surface area contributed by atoms with Crippen molar-refractivity contribution in [2.24, 2.45) is 4.99 Å². The maximum absolute atomic E-state index is 12.6. The zero-order valence-corrected chi connectivity index (χ0v) is 19.0. The molecule has 172 valence electrons. The Morgan fingerprint density at radius 1 is 1.16 bits per heavy atom. The number of nitrogens with zero attached hydrogens (tertiary/aromatic N) is 2. The van der Waals surface area contributed by atoms with E-state index in [1.165, 1.54) is 0 Å². The third-order valence-electron chi connectivity index (χ3n) is 5.31. The summed E-state index contributed by atoms with van der Waals surface area (Å²) in [5.41, 5.74) is 0.812. The number of carbonyl (C=O) groups is 2. The van der Waals surface area contributed by atoms with Crippen LogP contribution in [0.5, 0.6) is 0 Å². The van der Waals surface area contributed by atoms with Gasteiger partial charge in [0.1, 0.15) is 0 Å². The third-order valence-corrected chi connectivity index (χ3v) is 5.31. The van der Waals surface area contributed by atoms with Gasteiger partial charge in [-0.3, -0.25) is 9.59 Å². The quantitative estimate of drug-likeness (QED) is 0.333. The van der Waals surface area contributed by atoms with Crippen molar-refractivity contribution in [2.75, 3.05) is 32.7 Å². The van der Waals surface area contributed by atoms with Crippen molar-refractivity contribution >= 4 is 17.8 Å². The molecule has 0 atom stereocenters. The first-order chi connectivity index (χ1) is 14.9. The fraction of sp³-hybridized carbons (Fsp3) is 0.609. The summed E-state index contributed by atoms with van der Waals surface area (Å²) in [4.78, 5) is 30.3. The molecule has 31 heavy (non-hydrogen) atoms. The normalized spacial score (nSPS) is 14.9. The SMILES string of the molecule is CCCC(O)(CCC)CNC(=NCc1ccc(C(=O)N2CCNC(=O)C2)cc1)NCC. The van der Waals surface area contributed by atoms with Crippen molar-refractivity contribution in [3.63, 3.8) is 0 Å². The number of amides is 2. The number of nitrogens with one attached hydrogen (secondary N) is 3. The minimum Gasteiger partial charge on any atom is -0.388 e. The van der Waals surface area contributed by atoms with Crippen LogP contribution in [0.4, 0.5) is 0 Å². The summed E-state index contributed by atoms with van der Waals surface area (Å²) in [6, 6.07) is 7.33. The van der Waals surface area contributed by atoms with Gasteiger partial charge in [-0.15, -0.1) is 0 Å². The Hall–Kier alpha value is -2.61. The molecular weight excluding hydrogens is 394 g/mol. The van der Waals surface area contributed by atoms with Crippen LogP contribution < -0.4 is 16.0 Å². The second kappa shape index (κ2) is 12.3. The Morgan fingerprint density at radius 3 is 2.42 bits per heavy atom. The minimum atomic E-state index is -0.729. The van der Waals surface area contributed by atoms with E-state index in [9.17, 15) is 14.7 Å². The monoisotopic (exact) mass is 431 g/mol. The summed E-state index contributed by atoms with van der Waals surface area (Å²) in [6.07, 6.45) is 3.36. The molecule has 1 saturated heterocycles. The lowest BCUT2D eigenvalue weighted by Gasteiger charge is -2.28. The number of carbonyl (C=O) groups excluding carboxylic acids is 2. The van der Waals surface area contributed by atoms with Gasteiger partial charge in [0.05, 0.1) is 18.7 Å². The van der Waals surface area contributed by atoms with Crippen molar-refractivity contribution in [3.8, 4) is 0 Å². The van der Waals surface area contributed by atoms with E-state index < -0.39 is 5.60 Å². The van der Waals surface area contributed by atoms with Crippen LogP contribution in [0.25, 0.3) is 0 Å². The molecule has 1 aromatic rings. The average Bonchev–Trinajstić information content (AvgIpc) is 2.76. The van der Waals surface area contributed by atoms with Gasteiger partial charge in [0.25, 0.3) is 5.91 Å². The molecule has 8 heteroatoms. The van der Waals surface area contributed by atoms with Crippen LogP contribution >= 0.6 is 0 Å². The van der Waals surface area contributed by atoms with Crippen LogP contribution in [0.2, 0.25) is 0 Å². The van der Waals surface area contributed by atoms with Crippen molar-refractivity contribution in [3.05, 3.63) is 35.4 Å². The Kier molecular flexibility index (Phi) is 9.78. The van der Waals surface area contributed by atoms with Crippen molar-refractivity contribution in [1.29, 1.82) is 0 Å². The first kappa shape index (κ1) is 24.7. The number of aliphatic hydroxyl groups is 1. The van der Waals surface area contributed by atoms with E-state index in [2.05, 4.69) is 34.8 Å². The zero-order valence-electron chi connectivity index (χ0n) is 19.0. The van der Waals surface area contributed by atoms with Crippen molar-refractivity contribution in [2.45, 2.75) is 58.6 Å². The first-order valence-corrected chi connectivity index (χ1v) is 11.3. The number of rotatable bonds is 10. The lowest BCUT2D eigenvalue weighted by Crippen LogP contribution is -2.49. The molecule has 0 radical (unpaired) electrons. The van der Waals surface area contributed by atoms with Crippen LogP contribution in [0.3, 0.4) is 0 Å². The number of benzene rings is 1. The van der Waals surface area contributed by atoms with Crippen LogP contribution in [-0.2, 0) is 11.3 Å². The molecule has 0 aliphatic carbocycles. The molecule has 1 aliphatic heterocycles. The number of aliphatic imine (C=N–C) groups is 1. The molecule has 1 aliphatic rings. The maximum atomic E-state index is 12.6. The van der Waals surface area contributed by atoms with E-state index in [1.54, 1.807) is 17.0 Å². The summed E-state index contributed by atoms with van der Waals surface area (Å²) >= 11 is 0. The minimum absolute atomic E-state index is 0.102. The Bertz CT molecular complexity index is 742. The second-order valence-electron chi connectivity index (χ2n) is 8.05. The van der Waals surface area contributed by atoms with Crippen LogP contribution in [0.1, 0.15) is 62.4 Å². The molecule has 2 amide bonds. The van der Waals surface area contributed by atoms with Gasteiger partial charge in [0.15, 0.2) is 5.96 Å². The van der Waals surface area contributed by atoms with Crippen LogP contribution in [0.15, 0.2) is 29.3 Å². The summed E-state index contributed by atoms with van der Waals surface area (Å²) < 4.78 is 0. The average molecular weight is 432 g/mol. The Labute approximate surface area is 185 Å². The number of guanidine groups is 1. The number of hydrogen-bond donors (Lipinski definition) is 4. The van der Waals surface area contributed by atoms with Crippen LogP contribution in [0, 0.1) is 0 Å². The highest BCUT2D eigenvalue weighted by Gasteiger charge is 2.25. The Balaban J connectivity index is 1.97. The number of hydrogen-bond acceptors (Lipinski definition) is 4. The lowest BCUT2D eigenvalue weighted by molar-refractivity contribution is -0.123.